The highest BCUT2D eigenvalue weighted by molar-refractivity contribution is 8.11. The molecule has 0 saturated heterocycles. The molecule has 0 bridgehead atoms. The van der Waals surface area contributed by atoms with Crippen LogP contribution in [-0.2, 0) is 41.9 Å². The second-order valence-corrected chi connectivity index (χ2v) is 16.7. The van der Waals surface area contributed by atoms with Gasteiger partial charge in [-0.25, -0.2) is 15.0 Å². The number of nitrogens with zero attached hydrogens (tertiary/aromatic N) is 4. The van der Waals surface area contributed by atoms with Crippen LogP contribution in [0.15, 0.2) is 12.7 Å². The van der Waals surface area contributed by atoms with E-state index >= 15 is 0 Å². The topological polar surface area (TPSA) is 136 Å². The Kier molecular flexibility index (Phi) is 21.6. The van der Waals surface area contributed by atoms with Crippen molar-refractivity contribution in [2.45, 2.75) is 156 Å². The highest BCUT2D eigenvalue weighted by Gasteiger charge is 2.27. The number of ether oxygens (including phenoxy) is 3. The Hall–Kier alpha value is -1.69. The lowest BCUT2D eigenvalue weighted by molar-refractivity contribution is -0.149. The highest BCUT2D eigenvalue weighted by Crippen LogP contribution is 2.44. The van der Waals surface area contributed by atoms with Gasteiger partial charge in [-0.2, -0.15) is 0 Å². The van der Waals surface area contributed by atoms with Crippen molar-refractivity contribution in [1.29, 1.82) is 0 Å². The molecule has 0 amide bonds. The average molecular weight is 699 g/mol. The van der Waals surface area contributed by atoms with E-state index in [2.05, 4.69) is 27.0 Å². The summed E-state index contributed by atoms with van der Waals surface area (Å²) in [6, 6.07) is -0.629. The number of carbonyl (C=O) groups excluding carboxylic acids is 1. The van der Waals surface area contributed by atoms with E-state index in [1.54, 1.807) is 13.3 Å². The van der Waals surface area contributed by atoms with Crippen molar-refractivity contribution in [3.8, 4) is 0 Å². The van der Waals surface area contributed by atoms with Crippen LogP contribution in [-0.4, -0.2) is 69.9 Å². The lowest BCUT2D eigenvalue weighted by atomic mass is 10.0. The Morgan fingerprint density at radius 1 is 0.872 bits per heavy atom. The molecule has 47 heavy (non-hydrogen) atoms. The molecule has 0 aliphatic rings. The summed E-state index contributed by atoms with van der Waals surface area (Å²) in [5.74, 6) is -0.0363. The fourth-order valence-electron chi connectivity index (χ4n) is 5.26. The second kappa shape index (κ2) is 24.4. The number of anilines is 1. The quantitative estimate of drug-likeness (QED) is 0.0487. The van der Waals surface area contributed by atoms with E-state index in [1.807, 2.05) is 25.3 Å². The van der Waals surface area contributed by atoms with Gasteiger partial charge in [0, 0.05) is 13.2 Å². The minimum absolute atomic E-state index is 0.145. The number of hydrogen-bond acceptors (Lipinski definition) is 10. The molecule has 2 rings (SSSR count). The van der Waals surface area contributed by atoms with E-state index in [4.69, 9.17) is 36.3 Å². The van der Waals surface area contributed by atoms with Gasteiger partial charge >= 0.3 is 5.97 Å². The molecule has 3 N–H and O–H groups in total. The number of aromatic nitrogens is 4. The third-order valence-electron chi connectivity index (χ3n) is 7.88. The van der Waals surface area contributed by atoms with Crippen LogP contribution in [0.2, 0.25) is 0 Å². The number of nitrogens with one attached hydrogen (secondary N) is 1. The number of nitrogens with two attached hydrogens (primary N) is 1. The Bertz CT molecular complexity index is 1170. The largest absolute Gasteiger partial charge is 0.462 e. The molecule has 2 heterocycles. The van der Waals surface area contributed by atoms with E-state index in [-0.39, 0.29) is 24.5 Å². The van der Waals surface area contributed by atoms with Gasteiger partial charge in [0.2, 0.25) is 0 Å². The standard InChI is InChI=1S/C34H63N6O5PS/c1-6-7-8-9-10-11-12-13-14-15-16-17-18-19-21-42-22-20-23-44-46(47,39-30(5)34(41)45-28(2)3)27-43-29(4)24-40-26-38-31-32(35)36-25-37-33(31)40/h25-26,28-30H,6-24,27H2,1-5H3,(H,39,47)(H2,35,36,37)/t29-,30+,46-/m1/s1. The highest BCUT2D eigenvalue weighted by atomic mass is 32.4. The summed E-state index contributed by atoms with van der Waals surface area (Å²) >= 11 is 5.94. The molecule has 0 spiro atoms. The molecular weight excluding hydrogens is 635 g/mol. The third-order valence-corrected chi connectivity index (χ3v) is 10.7. The number of imidazole rings is 1. The van der Waals surface area contributed by atoms with E-state index in [9.17, 15) is 4.79 Å². The number of rotatable bonds is 29. The van der Waals surface area contributed by atoms with Crippen LogP contribution >= 0.6 is 6.42 Å². The van der Waals surface area contributed by atoms with Gasteiger partial charge in [-0.05, 0) is 52.3 Å². The maximum absolute atomic E-state index is 12.5. The number of nitrogen functional groups attached to an aromatic ring is 1. The zero-order valence-electron chi connectivity index (χ0n) is 29.8. The summed E-state index contributed by atoms with van der Waals surface area (Å²) in [7, 11) is 0. The van der Waals surface area contributed by atoms with Gasteiger partial charge in [0.15, 0.2) is 17.9 Å². The molecule has 13 heteroatoms. The monoisotopic (exact) mass is 698 g/mol. The van der Waals surface area contributed by atoms with Gasteiger partial charge in [0.05, 0.1) is 31.7 Å². The first-order valence-corrected chi connectivity index (χ1v) is 20.9. The van der Waals surface area contributed by atoms with Crippen LogP contribution < -0.4 is 10.8 Å². The van der Waals surface area contributed by atoms with E-state index in [1.165, 1.54) is 89.8 Å². The van der Waals surface area contributed by atoms with Crippen LogP contribution in [0.4, 0.5) is 5.82 Å². The maximum Gasteiger partial charge on any atom is 0.323 e. The second-order valence-electron chi connectivity index (χ2n) is 12.8. The normalized spacial score (nSPS) is 14.4. The fourth-order valence-corrected chi connectivity index (χ4v) is 7.93. The molecule has 0 unspecified atom stereocenters. The van der Waals surface area contributed by atoms with E-state index < -0.39 is 12.5 Å². The molecule has 0 saturated carbocycles. The first-order chi connectivity index (χ1) is 22.6. The van der Waals surface area contributed by atoms with Crippen molar-refractivity contribution < 1.29 is 23.5 Å². The first-order valence-electron chi connectivity index (χ1n) is 18.0. The smallest absolute Gasteiger partial charge is 0.323 e. The number of fused-ring (bicyclic) bond motifs is 1. The molecule has 0 aromatic carbocycles. The van der Waals surface area contributed by atoms with Crippen molar-refractivity contribution in [1.82, 2.24) is 24.6 Å². The molecule has 2 aromatic rings. The summed E-state index contributed by atoms with van der Waals surface area (Å²) in [4.78, 5) is 25.1. The predicted octanol–water partition coefficient (Wildman–Crippen LogP) is 7.91. The summed E-state index contributed by atoms with van der Waals surface area (Å²) in [5, 5.41) is 3.22. The molecule has 0 aliphatic carbocycles. The zero-order valence-corrected chi connectivity index (χ0v) is 31.5. The summed E-state index contributed by atoms with van der Waals surface area (Å²) in [6.45, 7) is 11.9. The lowest BCUT2D eigenvalue weighted by Gasteiger charge is -2.28. The van der Waals surface area contributed by atoms with Crippen molar-refractivity contribution in [3.63, 3.8) is 0 Å². The van der Waals surface area contributed by atoms with Gasteiger partial charge in [-0.1, -0.05) is 90.4 Å². The molecule has 0 radical (unpaired) electrons. The van der Waals surface area contributed by atoms with Gasteiger partial charge < -0.3 is 29.0 Å². The summed E-state index contributed by atoms with van der Waals surface area (Å²) in [5.41, 5.74) is 7.11. The van der Waals surface area contributed by atoms with E-state index in [0.29, 0.717) is 43.2 Å². The molecule has 270 valence electrons. The van der Waals surface area contributed by atoms with Gasteiger partial charge in [0.1, 0.15) is 24.2 Å². The Labute approximate surface area is 289 Å². The average Bonchev–Trinajstić information content (AvgIpc) is 3.44. The Morgan fingerprint density at radius 3 is 2.09 bits per heavy atom. The van der Waals surface area contributed by atoms with Gasteiger partial charge in [-0.3, -0.25) is 9.88 Å². The summed E-state index contributed by atoms with van der Waals surface area (Å²) < 4.78 is 25.5. The zero-order chi connectivity index (χ0) is 34.3. The van der Waals surface area contributed by atoms with Crippen molar-refractivity contribution in [2.75, 3.05) is 31.9 Å². The van der Waals surface area contributed by atoms with E-state index in [0.717, 1.165) is 13.0 Å². The van der Waals surface area contributed by atoms with Crippen molar-refractivity contribution in [3.05, 3.63) is 12.7 Å². The maximum atomic E-state index is 12.5. The number of esters is 1. The minimum Gasteiger partial charge on any atom is -0.462 e. The molecule has 0 aliphatic heterocycles. The molecule has 11 nitrogen and oxygen atoms in total. The molecule has 2 aromatic heterocycles. The van der Waals surface area contributed by atoms with Crippen molar-refractivity contribution >= 4 is 41.2 Å². The third kappa shape index (κ3) is 18.0. The van der Waals surface area contributed by atoms with Crippen LogP contribution in [0.3, 0.4) is 0 Å². The predicted molar refractivity (Wildman–Crippen MR) is 195 cm³/mol. The van der Waals surface area contributed by atoms with Crippen LogP contribution in [0.1, 0.15) is 131 Å². The Balaban J connectivity index is 1.64. The minimum atomic E-state index is -2.73. The van der Waals surface area contributed by atoms with Crippen molar-refractivity contribution in [2.24, 2.45) is 0 Å². The molecule has 3 atom stereocenters. The van der Waals surface area contributed by atoms with Crippen LogP contribution in [0, 0.1) is 0 Å². The van der Waals surface area contributed by atoms with Crippen LogP contribution in [0.5, 0.6) is 0 Å². The molecular formula is C34H63N6O5PS. The summed E-state index contributed by atoms with van der Waals surface area (Å²) in [6.07, 6.45) is 19.6. The number of hydrogen-bond donors (Lipinski definition) is 2. The lowest BCUT2D eigenvalue weighted by Crippen LogP contribution is -2.36. The Morgan fingerprint density at radius 2 is 1.47 bits per heavy atom. The number of carbonyl (C=O) groups is 1. The van der Waals surface area contributed by atoms with Gasteiger partial charge in [0.25, 0.3) is 0 Å². The number of unbranched alkanes of at least 4 members (excludes halogenated alkanes) is 13. The SMILES string of the molecule is CCCCCCCCCCCCCCCCOCCCO[P@@](=S)(CO[C@H](C)Cn1cnc2c(N)ncnc21)N[C@@H](C)C(=O)OC(C)C. The first kappa shape index (κ1) is 41.5. The van der Waals surface area contributed by atoms with Crippen LogP contribution in [0.25, 0.3) is 11.2 Å². The molecule has 0 fully saturated rings. The van der Waals surface area contributed by atoms with Gasteiger partial charge in [-0.15, -0.1) is 0 Å². The fraction of sp³-hybridized carbons (Fsp3) is 0.824.